The van der Waals surface area contributed by atoms with E-state index < -0.39 is 0 Å². The van der Waals surface area contributed by atoms with Crippen LogP contribution >= 0.6 is 0 Å². The molecule has 34 heavy (non-hydrogen) atoms. The molecule has 0 radical (unpaired) electrons. The first-order valence-electron chi connectivity index (χ1n) is 14.3. The molecule has 0 bridgehead atoms. The van der Waals surface area contributed by atoms with Gasteiger partial charge in [0.1, 0.15) is 6.10 Å². The second-order valence-corrected chi connectivity index (χ2v) is 14.2. The van der Waals surface area contributed by atoms with Crippen LogP contribution in [0.5, 0.6) is 0 Å². The molecule has 2 fully saturated rings. The lowest BCUT2D eigenvalue weighted by Crippen LogP contribution is -2.55. The van der Waals surface area contributed by atoms with Crippen molar-refractivity contribution >= 4 is 5.97 Å². The third kappa shape index (κ3) is 3.85. The van der Waals surface area contributed by atoms with Crippen molar-refractivity contribution in [1.82, 2.24) is 0 Å². The van der Waals surface area contributed by atoms with Gasteiger partial charge < -0.3 is 4.74 Å². The van der Waals surface area contributed by atoms with Gasteiger partial charge in [0.05, 0.1) is 0 Å². The van der Waals surface area contributed by atoms with Gasteiger partial charge in [-0.3, -0.25) is 4.79 Å². The Balaban J connectivity index is 1.63. The fraction of sp³-hybridized carbons (Fsp3) is 0.844. The number of rotatable bonds is 5. The molecule has 0 heterocycles. The van der Waals surface area contributed by atoms with Crippen molar-refractivity contribution in [2.75, 3.05) is 0 Å². The van der Waals surface area contributed by atoms with Crippen LogP contribution in [0.4, 0.5) is 0 Å². The molecule has 0 aromatic heterocycles. The highest BCUT2D eigenvalue weighted by atomic mass is 16.5. The number of hydrogen-bond acceptors (Lipinski definition) is 2. The number of hydrogen-bond donors (Lipinski definition) is 0. The molecule has 0 saturated heterocycles. The summed E-state index contributed by atoms with van der Waals surface area (Å²) in [7, 11) is 0. The summed E-state index contributed by atoms with van der Waals surface area (Å²) in [5, 5.41) is 0. The molecule has 0 amide bonds. The Morgan fingerprint density at radius 2 is 1.68 bits per heavy atom. The van der Waals surface area contributed by atoms with Gasteiger partial charge in [-0.1, -0.05) is 64.3 Å². The average molecular weight is 469 g/mol. The summed E-state index contributed by atoms with van der Waals surface area (Å²) in [6, 6.07) is 0. The summed E-state index contributed by atoms with van der Waals surface area (Å²) in [6.45, 7) is 21.2. The molecule has 0 aromatic carbocycles. The molecule has 0 aliphatic heterocycles. The van der Waals surface area contributed by atoms with Gasteiger partial charge in [-0.25, -0.2) is 0 Å². The van der Waals surface area contributed by atoms with Crippen LogP contribution < -0.4 is 0 Å². The van der Waals surface area contributed by atoms with Crippen LogP contribution in [0, 0.1) is 39.4 Å². The SMILES string of the molecule is CC(=O)O[C@H]1CC[C@]2(C)C3=C(CC[C@H]2C1(C)C)[C@]1(C)CC[C@@H]([C@@H](C)CCC=C(C)C)[C@@]1(C)CC3. The van der Waals surface area contributed by atoms with Gasteiger partial charge in [0.15, 0.2) is 0 Å². The van der Waals surface area contributed by atoms with E-state index in [0.29, 0.717) is 16.7 Å². The topological polar surface area (TPSA) is 26.3 Å². The maximum atomic E-state index is 11.8. The summed E-state index contributed by atoms with van der Waals surface area (Å²) in [4.78, 5) is 11.8. The van der Waals surface area contributed by atoms with Crippen molar-refractivity contribution in [3.8, 4) is 0 Å². The zero-order chi connectivity index (χ0) is 25.1. The Kier molecular flexibility index (Phi) is 6.74. The first-order chi connectivity index (χ1) is 15.8. The minimum absolute atomic E-state index is 0.0382. The van der Waals surface area contributed by atoms with Crippen LogP contribution in [-0.2, 0) is 9.53 Å². The van der Waals surface area contributed by atoms with Gasteiger partial charge in [-0.05, 0) is 112 Å². The number of fused-ring (bicyclic) bond motifs is 4. The molecule has 2 nitrogen and oxygen atoms in total. The normalized spacial score (nSPS) is 41.7. The number of ether oxygens (including phenoxy) is 1. The van der Waals surface area contributed by atoms with E-state index in [1.54, 1.807) is 6.92 Å². The quantitative estimate of drug-likeness (QED) is 0.297. The van der Waals surface area contributed by atoms with Gasteiger partial charge in [0.2, 0.25) is 0 Å². The van der Waals surface area contributed by atoms with E-state index in [1.807, 2.05) is 11.1 Å². The summed E-state index contributed by atoms with van der Waals surface area (Å²) in [5.41, 5.74) is 6.25. The van der Waals surface area contributed by atoms with Crippen molar-refractivity contribution in [2.45, 2.75) is 133 Å². The van der Waals surface area contributed by atoms with Crippen LogP contribution in [0.2, 0.25) is 0 Å². The van der Waals surface area contributed by atoms with Crippen LogP contribution in [-0.4, -0.2) is 12.1 Å². The molecular formula is C32H52O2. The van der Waals surface area contributed by atoms with Crippen LogP contribution in [0.1, 0.15) is 127 Å². The lowest BCUT2D eigenvalue weighted by Gasteiger charge is -2.62. The van der Waals surface area contributed by atoms with Crippen LogP contribution in [0.3, 0.4) is 0 Å². The smallest absolute Gasteiger partial charge is 0.302 e. The predicted octanol–water partition coefficient (Wildman–Crippen LogP) is 9.05. The third-order valence-corrected chi connectivity index (χ3v) is 11.9. The molecule has 2 saturated carbocycles. The summed E-state index contributed by atoms with van der Waals surface area (Å²) in [6.07, 6.45) is 15.2. The van der Waals surface area contributed by atoms with E-state index in [-0.39, 0.29) is 22.9 Å². The predicted molar refractivity (Wildman–Crippen MR) is 142 cm³/mol. The second-order valence-electron chi connectivity index (χ2n) is 14.2. The van der Waals surface area contributed by atoms with Gasteiger partial charge in [-0.15, -0.1) is 0 Å². The number of esters is 1. The fourth-order valence-corrected chi connectivity index (χ4v) is 9.86. The number of allylic oxidation sites excluding steroid dienone is 4. The molecule has 7 atom stereocenters. The van der Waals surface area contributed by atoms with Gasteiger partial charge in [-0.2, -0.15) is 0 Å². The standard InChI is InChI=1S/C32H52O2/c1-21(2)11-10-12-22(3)24-15-19-32(9)26-13-14-27-29(5,6)28(34-23(4)33)17-18-30(27,7)25(26)16-20-31(24,32)8/h11,22,24,27-28H,10,12-20H2,1-9H3/t22-,24-,27-,28-,30+,31+,32-/m0/s1. The third-order valence-electron chi connectivity index (χ3n) is 11.9. The molecule has 0 N–H and O–H groups in total. The Labute approximate surface area is 210 Å². The highest BCUT2D eigenvalue weighted by molar-refractivity contribution is 5.66. The largest absolute Gasteiger partial charge is 0.462 e. The molecule has 0 unspecified atom stereocenters. The van der Waals surface area contributed by atoms with Crippen molar-refractivity contribution in [3.05, 3.63) is 22.8 Å². The Morgan fingerprint density at radius 1 is 0.971 bits per heavy atom. The highest BCUT2D eigenvalue weighted by Crippen LogP contribution is 2.72. The van der Waals surface area contributed by atoms with Crippen LogP contribution in [0.15, 0.2) is 22.8 Å². The Bertz CT molecular complexity index is 873. The van der Waals surface area contributed by atoms with Gasteiger partial charge in [0.25, 0.3) is 0 Å². The van der Waals surface area contributed by atoms with Crippen LogP contribution in [0.25, 0.3) is 0 Å². The first kappa shape index (κ1) is 26.0. The summed E-state index contributed by atoms with van der Waals surface area (Å²) < 4.78 is 5.87. The molecule has 0 spiro atoms. The molecule has 2 heteroatoms. The molecule has 0 aromatic rings. The number of carbonyl (C=O) groups excluding carboxylic acids is 1. The zero-order valence-corrected chi connectivity index (χ0v) is 23.8. The average Bonchev–Trinajstić information content (AvgIpc) is 3.01. The van der Waals surface area contributed by atoms with E-state index in [2.05, 4.69) is 61.5 Å². The fourth-order valence-electron chi connectivity index (χ4n) is 9.86. The highest BCUT2D eigenvalue weighted by Gasteiger charge is 2.63. The maximum absolute atomic E-state index is 11.8. The Morgan fingerprint density at radius 3 is 2.32 bits per heavy atom. The van der Waals surface area contributed by atoms with E-state index >= 15 is 0 Å². The lowest BCUT2D eigenvalue weighted by molar-refractivity contribution is -0.167. The van der Waals surface area contributed by atoms with Crippen molar-refractivity contribution in [2.24, 2.45) is 39.4 Å². The maximum Gasteiger partial charge on any atom is 0.302 e. The minimum Gasteiger partial charge on any atom is -0.462 e. The molecule has 4 aliphatic rings. The molecular weight excluding hydrogens is 416 g/mol. The van der Waals surface area contributed by atoms with Gasteiger partial charge in [0, 0.05) is 12.3 Å². The molecule has 4 aliphatic carbocycles. The van der Waals surface area contributed by atoms with E-state index in [1.165, 1.54) is 63.4 Å². The van der Waals surface area contributed by atoms with Crippen molar-refractivity contribution < 1.29 is 9.53 Å². The minimum atomic E-state index is -0.117. The van der Waals surface area contributed by atoms with Gasteiger partial charge >= 0.3 is 5.97 Å². The second kappa shape index (κ2) is 8.81. The molecule has 4 rings (SSSR count). The Hall–Kier alpha value is -1.05. The zero-order valence-electron chi connectivity index (χ0n) is 23.8. The first-order valence-corrected chi connectivity index (χ1v) is 14.3. The van der Waals surface area contributed by atoms with Crippen molar-refractivity contribution in [1.29, 1.82) is 0 Å². The molecule has 192 valence electrons. The van der Waals surface area contributed by atoms with Crippen molar-refractivity contribution in [3.63, 3.8) is 0 Å². The summed E-state index contributed by atoms with van der Waals surface area (Å²) in [5.74, 6) is 2.13. The van der Waals surface area contributed by atoms with E-state index in [4.69, 9.17) is 4.74 Å². The monoisotopic (exact) mass is 468 g/mol. The summed E-state index contributed by atoms with van der Waals surface area (Å²) >= 11 is 0. The lowest BCUT2D eigenvalue weighted by atomic mass is 9.43. The number of carbonyl (C=O) groups is 1. The van der Waals surface area contributed by atoms with E-state index in [0.717, 1.165) is 18.3 Å². The van der Waals surface area contributed by atoms with E-state index in [9.17, 15) is 4.79 Å².